The molecule has 0 amide bonds. The second kappa shape index (κ2) is 6.91. The lowest BCUT2D eigenvalue weighted by Gasteiger charge is -2.26. The van der Waals surface area contributed by atoms with E-state index in [1.54, 1.807) is 6.92 Å². The van der Waals surface area contributed by atoms with Crippen LogP contribution < -0.4 is 0 Å². The van der Waals surface area contributed by atoms with E-state index in [9.17, 15) is 13.5 Å². The van der Waals surface area contributed by atoms with Crippen LogP contribution in [0.15, 0.2) is 22.6 Å². The number of sulfonamides is 1. The second-order valence-electron chi connectivity index (χ2n) is 6.56. The van der Waals surface area contributed by atoms with Crippen molar-refractivity contribution in [1.82, 2.24) is 19.0 Å². The van der Waals surface area contributed by atoms with Crippen LogP contribution in [0.3, 0.4) is 0 Å². The average molecular weight is 368 g/mol. The molecule has 0 saturated carbocycles. The van der Waals surface area contributed by atoms with Gasteiger partial charge in [0, 0.05) is 20.1 Å². The van der Waals surface area contributed by atoms with Gasteiger partial charge in [-0.1, -0.05) is 0 Å². The first-order valence-electron chi connectivity index (χ1n) is 8.18. The Morgan fingerprint density at radius 1 is 1.36 bits per heavy atom. The molecular weight excluding hydrogens is 344 g/mol. The van der Waals surface area contributed by atoms with Gasteiger partial charge in [0.15, 0.2) is 0 Å². The molecule has 0 aliphatic carbocycles. The van der Waals surface area contributed by atoms with Gasteiger partial charge in [-0.15, -0.1) is 0 Å². The van der Waals surface area contributed by atoms with Gasteiger partial charge in [-0.05, 0) is 25.1 Å². The molecule has 1 aliphatic rings. The van der Waals surface area contributed by atoms with Crippen LogP contribution >= 0.6 is 0 Å². The third-order valence-electron chi connectivity index (χ3n) is 4.37. The quantitative estimate of drug-likeness (QED) is 0.816. The Labute approximate surface area is 147 Å². The molecule has 0 radical (unpaired) electrons. The van der Waals surface area contributed by atoms with Crippen LogP contribution in [0.5, 0.6) is 0 Å². The van der Waals surface area contributed by atoms with Gasteiger partial charge in [-0.2, -0.15) is 9.40 Å². The maximum absolute atomic E-state index is 11.5. The largest absolute Gasteiger partial charge is 0.463 e. The number of hydrogen-bond donors (Lipinski definition) is 1. The summed E-state index contributed by atoms with van der Waals surface area (Å²) in [6.07, 6.45) is 0.612. The van der Waals surface area contributed by atoms with E-state index in [4.69, 9.17) is 4.42 Å². The molecule has 9 heteroatoms. The fraction of sp³-hybridized carbons (Fsp3) is 0.562. The van der Waals surface area contributed by atoms with Crippen molar-refractivity contribution in [3.8, 4) is 0 Å². The molecule has 1 atom stereocenters. The van der Waals surface area contributed by atoms with Crippen molar-refractivity contribution in [2.24, 2.45) is 0 Å². The van der Waals surface area contributed by atoms with Gasteiger partial charge >= 0.3 is 0 Å². The second-order valence-corrected chi connectivity index (χ2v) is 8.65. The summed E-state index contributed by atoms with van der Waals surface area (Å²) in [5, 5.41) is 14.1. The highest BCUT2D eigenvalue weighted by molar-refractivity contribution is 7.88. The first-order chi connectivity index (χ1) is 11.7. The summed E-state index contributed by atoms with van der Waals surface area (Å²) in [7, 11) is -1.69. The van der Waals surface area contributed by atoms with E-state index < -0.39 is 16.1 Å². The van der Waals surface area contributed by atoms with Crippen molar-refractivity contribution in [1.29, 1.82) is 0 Å². The molecule has 2 aromatic rings. The number of aliphatic hydroxyl groups is 1. The maximum atomic E-state index is 11.5. The molecule has 138 valence electrons. The van der Waals surface area contributed by atoms with Gasteiger partial charge in [-0.25, -0.2) is 8.42 Å². The minimum Gasteiger partial charge on any atom is -0.463 e. The lowest BCUT2D eigenvalue weighted by molar-refractivity contribution is 0.183. The van der Waals surface area contributed by atoms with E-state index in [-0.39, 0.29) is 6.54 Å². The number of fused-ring (bicyclic) bond motifs is 1. The molecule has 0 aromatic carbocycles. The van der Waals surface area contributed by atoms with E-state index in [0.717, 1.165) is 31.1 Å². The molecule has 3 heterocycles. The summed E-state index contributed by atoms with van der Waals surface area (Å²) in [4.78, 5) is 2.24. The Bertz CT molecular complexity index is 840. The molecule has 0 spiro atoms. The highest BCUT2D eigenvalue weighted by atomic mass is 32.2. The number of rotatable bonds is 6. The minimum absolute atomic E-state index is 0.226. The Morgan fingerprint density at radius 3 is 2.76 bits per heavy atom. The molecule has 25 heavy (non-hydrogen) atoms. The molecule has 1 aliphatic heterocycles. The van der Waals surface area contributed by atoms with Gasteiger partial charge in [0.2, 0.25) is 10.0 Å². The lowest BCUT2D eigenvalue weighted by atomic mass is 10.2. The van der Waals surface area contributed by atoms with Crippen molar-refractivity contribution < 1.29 is 17.9 Å². The van der Waals surface area contributed by atoms with Crippen LogP contribution in [0.2, 0.25) is 0 Å². The third-order valence-corrected chi connectivity index (χ3v) is 5.63. The molecule has 0 saturated heterocycles. The van der Waals surface area contributed by atoms with E-state index in [0.29, 0.717) is 18.0 Å². The van der Waals surface area contributed by atoms with Crippen LogP contribution in [0.4, 0.5) is 0 Å². The first-order valence-corrected chi connectivity index (χ1v) is 10.0. The summed E-state index contributed by atoms with van der Waals surface area (Å²) in [6, 6.07) is 5.64. The van der Waals surface area contributed by atoms with Crippen LogP contribution in [-0.2, 0) is 36.2 Å². The SMILES string of the molecule is C[C@H](O)c1cc2n(n1)CCN(Cc1ccc(CN(C)S(C)(=O)=O)o1)C2. The number of aliphatic hydroxyl groups excluding tert-OH is 1. The highest BCUT2D eigenvalue weighted by Gasteiger charge is 2.21. The normalized spacial score (nSPS) is 17.0. The van der Waals surface area contributed by atoms with Gasteiger partial charge in [0.25, 0.3) is 0 Å². The van der Waals surface area contributed by atoms with Gasteiger partial charge in [0.1, 0.15) is 11.5 Å². The van der Waals surface area contributed by atoms with Gasteiger partial charge in [0.05, 0.1) is 43.4 Å². The van der Waals surface area contributed by atoms with Crippen molar-refractivity contribution in [2.45, 2.75) is 39.2 Å². The van der Waals surface area contributed by atoms with E-state index in [1.165, 1.54) is 17.6 Å². The zero-order valence-electron chi connectivity index (χ0n) is 14.7. The van der Waals surface area contributed by atoms with Gasteiger partial charge < -0.3 is 9.52 Å². The molecular formula is C16H24N4O4S. The molecule has 3 rings (SSSR count). The summed E-state index contributed by atoms with van der Waals surface area (Å²) < 4.78 is 31.9. The zero-order chi connectivity index (χ0) is 18.2. The van der Waals surface area contributed by atoms with E-state index in [2.05, 4.69) is 10.00 Å². The predicted octanol–water partition coefficient (Wildman–Crippen LogP) is 0.937. The van der Waals surface area contributed by atoms with Crippen LogP contribution in [0, 0.1) is 0 Å². The smallest absolute Gasteiger partial charge is 0.211 e. The number of aromatic nitrogens is 2. The zero-order valence-corrected chi connectivity index (χ0v) is 15.5. The molecule has 2 aromatic heterocycles. The molecule has 0 bridgehead atoms. The summed E-state index contributed by atoms with van der Waals surface area (Å²) in [5.41, 5.74) is 1.77. The summed E-state index contributed by atoms with van der Waals surface area (Å²) in [6.45, 7) is 4.93. The van der Waals surface area contributed by atoms with Crippen molar-refractivity contribution in [2.75, 3.05) is 19.8 Å². The number of nitrogens with zero attached hydrogens (tertiary/aromatic N) is 4. The van der Waals surface area contributed by atoms with E-state index >= 15 is 0 Å². The Kier molecular flexibility index (Phi) is 5.01. The Balaban J connectivity index is 1.62. The Morgan fingerprint density at radius 2 is 2.08 bits per heavy atom. The number of furan rings is 1. The molecule has 0 fully saturated rings. The van der Waals surface area contributed by atoms with Crippen LogP contribution in [0.1, 0.15) is 35.9 Å². The maximum Gasteiger partial charge on any atom is 0.211 e. The number of hydrogen-bond acceptors (Lipinski definition) is 6. The standard InChI is InChI=1S/C16H24N4O4S/c1-12(21)16-8-13-9-19(6-7-20(13)17-16)11-15-5-4-14(24-15)10-18(2)25(3,22)23/h4-5,8,12,21H,6-7,9-11H2,1-3H3/t12-/m0/s1. The van der Waals surface area contributed by atoms with Crippen LogP contribution in [-0.4, -0.2) is 52.4 Å². The summed E-state index contributed by atoms with van der Waals surface area (Å²) in [5.74, 6) is 1.43. The van der Waals surface area contributed by atoms with Crippen molar-refractivity contribution >= 4 is 10.0 Å². The molecule has 0 unspecified atom stereocenters. The monoisotopic (exact) mass is 368 g/mol. The predicted molar refractivity (Wildman–Crippen MR) is 92.0 cm³/mol. The first kappa shape index (κ1) is 18.1. The average Bonchev–Trinajstić information content (AvgIpc) is 3.12. The molecule has 1 N–H and O–H groups in total. The molecule has 8 nitrogen and oxygen atoms in total. The van der Waals surface area contributed by atoms with Gasteiger partial charge in [-0.3, -0.25) is 9.58 Å². The third kappa shape index (κ3) is 4.30. The van der Waals surface area contributed by atoms with Crippen LogP contribution in [0.25, 0.3) is 0 Å². The topological polar surface area (TPSA) is 91.8 Å². The fourth-order valence-corrected chi connectivity index (χ4v) is 3.19. The highest BCUT2D eigenvalue weighted by Crippen LogP contribution is 2.20. The lowest BCUT2D eigenvalue weighted by Crippen LogP contribution is -2.33. The minimum atomic E-state index is -3.22. The van der Waals surface area contributed by atoms with Crippen molar-refractivity contribution in [3.63, 3.8) is 0 Å². The van der Waals surface area contributed by atoms with Crippen molar-refractivity contribution in [3.05, 3.63) is 41.1 Å². The fourth-order valence-electron chi connectivity index (χ4n) is 2.83. The summed E-state index contributed by atoms with van der Waals surface area (Å²) >= 11 is 0. The Hall–Kier alpha value is -1.68. The van der Waals surface area contributed by atoms with E-state index in [1.807, 2.05) is 22.9 Å².